The smallest absolute Gasteiger partial charge is 0.00756 e. The van der Waals surface area contributed by atoms with Crippen molar-refractivity contribution in [3.05, 3.63) is 36.0 Å². The summed E-state index contributed by atoms with van der Waals surface area (Å²) in [7, 11) is 1.29. The molecule has 0 bridgehead atoms. The first kappa shape index (κ1) is 6.56. The Labute approximate surface area is 59.4 Å². The molecule has 0 heterocycles. The van der Waals surface area contributed by atoms with Gasteiger partial charge in [0.2, 0.25) is 0 Å². The zero-order valence-corrected chi connectivity index (χ0v) is 7.80. The van der Waals surface area contributed by atoms with Crippen LogP contribution in [0.3, 0.4) is 0 Å². The van der Waals surface area contributed by atoms with Gasteiger partial charge in [0.15, 0.2) is 0 Å². The third-order valence-electron chi connectivity index (χ3n) is 1.37. The fraction of sp³-hybridized carbons (Fsp3) is 0.250. The standard InChI is InChI=1S/C8H12Si/c9-7-3-6-8-4-1-2-5-8/h1-4,6H,5,7H2,9H3. The molecule has 0 aromatic rings. The molecule has 0 nitrogen and oxygen atoms in total. The Morgan fingerprint density at radius 2 is 2.56 bits per heavy atom. The monoisotopic (exact) mass is 136 g/mol. The predicted octanol–water partition coefficient (Wildman–Crippen LogP) is 1.21. The van der Waals surface area contributed by atoms with Crippen molar-refractivity contribution >= 4 is 10.2 Å². The molecule has 0 radical (unpaired) electrons. The predicted molar refractivity (Wildman–Crippen MR) is 45.7 cm³/mol. The van der Waals surface area contributed by atoms with Gasteiger partial charge < -0.3 is 0 Å². The van der Waals surface area contributed by atoms with Gasteiger partial charge in [-0.05, 0) is 18.0 Å². The largest absolute Gasteiger partial charge is 0.0878 e. The van der Waals surface area contributed by atoms with E-state index in [4.69, 9.17) is 0 Å². The molecular formula is C8H12Si. The highest BCUT2D eigenvalue weighted by molar-refractivity contribution is 6.09. The van der Waals surface area contributed by atoms with Gasteiger partial charge in [-0.25, -0.2) is 0 Å². The summed E-state index contributed by atoms with van der Waals surface area (Å²) in [6.45, 7) is 0. The molecule has 1 heteroatoms. The van der Waals surface area contributed by atoms with E-state index in [2.05, 4.69) is 30.4 Å². The van der Waals surface area contributed by atoms with Gasteiger partial charge in [-0.15, -0.1) is 0 Å². The van der Waals surface area contributed by atoms with E-state index < -0.39 is 0 Å². The van der Waals surface area contributed by atoms with Crippen molar-refractivity contribution in [2.45, 2.75) is 12.5 Å². The van der Waals surface area contributed by atoms with Gasteiger partial charge in [-0.2, -0.15) is 0 Å². The molecule has 0 aliphatic heterocycles. The maximum atomic E-state index is 2.26. The van der Waals surface area contributed by atoms with Crippen molar-refractivity contribution in [1.29, 1.82) is 0 Å². The van der Waals surface area contributed by atoms with Gasteiger partial charge in [-0.1, -0.05) is 30.4 Å². The molecule has 0 saturated carbocycles. The van der Waals surface area contributed by atoms with E-state index in [-0.39, 0.29) is 0 Å². The minimum absolute atomic E-state index is 1.14. The highest BCUT2D eigenvalue weighted by Crippen LogP contribution is 2.10. The first-order valence-electron chi connectivity index (χ1n) is 3.45. The third kappa shape index (κ3) is 2.02. The van der Waals surface area contributed by atoms with Gasteiger partial charge in [0.1, 0.15) is 0 Å². The van der Waals surface area contributed by atoms with Crippen LogP contribution in [0.5, 0.6) is 0 Å². The fourth-order valence-electron chi connectivity index (χ4n) is 0.857. The average molecular weight is 136 g/mol. The van der Waals surface area contributed by atoms with Crippen LogP contribution in [-0.4, -0.2) is 10.2 Å². The molecule has 9 heavy (non-hydrogen) atoms. The van der Waals surface area contributed by atoms with Crippen LogP contribution in [0.2, 0.25) is 6.04 Å². The maximum Gasteiger partial charge on any atom is 0.00756 e. The summed E-state index contributed by atoms with van der Waals surface area (Å²) in [4.78, 5) is 0. The van der Waals surface area contributed by atoms with Crippen molar-refractivity contribution in [1.82, 2.24) is 0 Å². The summed E-state index contributed by atoms with van der Waals surface area (Å²) in [5.74, 6) is 0. The van der Waals surface area contributed by atoms with E-state index in [1.54, 1.807) is 0 Å². The quantitative estimate of drug-likeness (QED) is 0.501. The SMILES string of the molecule is [SiH3]CC=CC1=CC=CC1. The molecule has 0 unspecified atom stereocenters. The number of hydrogen-bond donors (Lipinski definition) is 0. The lowest BCUT2D eigenvalue weighted by Gasteiger charge is -1.87. The van der Waals surface area contributed by atoms with Gasteiger partial charge in [0, 0.05) is 10.2 Å². The summed E-state index contributed by atoms with van der Waals surface area (Å²) >= 11 is 0. The summed E-state index contributed by atoms with van der Waals surface area (Å²) in [6.07, 6.45) is 12.1. The molecule has 0 aromatic carbocycles. The van der Waals surface area contributed by atoms with Crippen molar-refractivity contribution < 1.29 is 0 Å². The number of hydrogen-bond acceptors (Lipinski definition) is 0. The first-order chi connectivity index (χ1) is 4.43. The van der Waals surface area contributed by atoms with Crippen LogP contribution >= 0.6 is 0 Å². The van der Waals surface area contributed by atoms with Crippen molar-refractivity contribution in [3.8, 4) is 0 Å². The highest BCUT2D eigenvalue weighted by Gasteiger charge is 1.90. The average Bonchev–Trinajstić information content (AvgIpc) is 2.34. The van der Waals surface area contributed by atoms with E-state index >= 15 is 0 Å². The molecule has 48 valence electrons. The van der Waals surface area contributed by atoms with E-state index in [0.717, 1.165) is 6.42 Å². The Morgan fingerprint density at radius 3 is 3.11 bits per heavy atom. The van der Waals surface area contributed by atoms with E-state index in [1.807, 2.05) is 0 Å². The Balaban J connectivity index is 2.38. The van der Waals surface area contributed by atoms with Crippen molar-refractivity contribution in [2.75, 3.05) is 0 Å². The Hall–Kier alpha value is -0.563. The molecule has 1 aliphatic carbocycles. The lowest BCUT2D eigenvalue weighted by Crippen LogP contribution is -1.68. The Bertz CT molecular complexity index is 163. The van der Waals surface area contributed by atoms with Crippen molar-refractivity contribution in [3.63, 3.8) is 0 Å². The number of allylic oxidation sites excluding steroid dienone is 6. The molecule has 0 spiro atoms. The molecular weight excluding hydrogens is 124 g/mol. The highest BCUT2D eigenvalue weighted by atomic mass is 28.1. The minimum Gasteiger partial charge on any atom is -0.0878 e. The summed E-state index contributed by atoms with van der Waals surface area (Å²) in [5.41, 5.74) is 1.45. The molecule has 0 amide bonds. The molecule has 1 rings (SSSR count). The lowest BCUT2D eigenvalue weighted by molar-refractivity contribution is 1.33. The second kappa shape index (κ2) is 3.46. The van der Waals surface area contributed by atoms with Gasteiger partial charge in [-0.3, -0.25) is 0 Å². The van der Waals surface area contributed by atoms with Crippen LogP contribution in [0.15, 0.2) is 36.0 Å². The van der Waals surface area contributed by atoms with Crippen LogP contribution < -0.4 is 0 Å². The molecule has 0 N–H and O–H groups in total. The summed E-state index contributed by atoms with van der Waals surface area (Å²) in [6, 6.07) is 1.28. The zero-order chi connectivity index (χ0) is 6.53. The molecule has 1 aliphatic rings. The lowest BCUT2D eigenvalue weighted by atomic mass is 10.2. The molecule has 0 saturated heterocycles. The molecule has 0 fully saturated rings. The van der Waals surface area contributed by atoms with E-state index in [0.29, 0.717) is 0 Å². The zero-order valence-electron chi connectivity index (χ0n) is 5.80. The van der Waals surface area contributed by atoms with E-state index in [1.165, 1.54) is 21.9 Å². The van der Waals surface area contributed by atoms with E-state index in [9.17, 15) is 0 Å². The summed E-state index contributed by atoms with van der Waals surface area (Å²) in [5, 5.41) is 0. The normalized spacial score (nSPS) is 17.6. The van der Waals surface area contributed by atoms with Crippen LogP contribution in [0.4, 0.5) is 0 Å². The maximum absolute atomic E-state index is 2.26. The van der Waals surface area contributed by atoms with Crippen LogP contribution in [-0.2, 0) is 0 Å². The van der Waals surface area contributed by atoms with Crippen molar-refractivity contribution in [2.24, 2.45) is 0 Å². The third-order valence-corrected chi connectivity index (χ3v) is 1.84. The fourth-order valence-corrected chi connectivity index (χ4v) is 1.09. The molecule has 0 atom stereocenters. The number of rotatable bonds is 2. The van der Waals surface area contributed by atoms with Crippen LogP contribution in [0.25, 0.3) is 0 Å². The topological polar surface area (TPSA) is 0 Å². The summed E-state index contributed by atoms with van der Waals surface area (Å²) < 4.78 is 0. The second-order valence-electron chi connectivity index (χ2n) is 2.18. The first-order valence-corrected chi connectivity index (χ1v) is 4.87. The second-order valence-corrected chi connectivity index (χ2v) is 3.00. The van der Waals surface area contributed by atoms with Crippen LogP contribution in [0.1, 0.15) is 6.42 Å². The molecule has 0 aromatic heterocycles. The minimum atomic E-state index is 1.14. The Kier molecular flexibility index (Phi) is 2.52. The van der Waals surface area contributed by atoms with Gasteiger partial charge >= 0.3 is 0 Å². The van der Waals surface area contributed by atoms with Crippen LogP contribution in [0, 0.1) is 0 Å². The Morgan fingerprint density at radius 1 is 1.67 bits per heavy atom. The van der Waals surface area contributed by atoms with Gasteiger partial charge in [0.05, 0.1) is 0 Å². The van der Waals surface area contributed by atoms with Gasteiger partial charge in [0.25, 0.3) is 0 Å².